The number of hydrogen-bond donors (Lipinski definition) is 1. The Hall–Kier alpha value is -1.08. The fourth-order valence-electron chi connectivity index (χ4n) is 1.06. The van der Waals surface area contributed by atoms with Gasteiger partial charge in [0.2, 0.25) is 0 Å². The second-order valence-corrected chi connectivity index (χ2v) is 2.63. The lowest BCUT2D eigenvalue weighted by Gasteiger charge is -2.00. The fourth-order valence-corrected chi connectivity index (χ4v) is 1.06. The molecule has 3 N–H and O–H groups in total. The third-order valence-corrected chi connectivity index (χ3v) is 1.88. The molecule has 0 aliphatic rings. The quantitative estimate of drug-likeness (QED) is 0.684. The summed E-state index contributed by atoms with van der Waals surface area (Å²) in [7, 11) is 0. The summed E-state index contributed by atoms with van der Waals surface area (Å²) >= 11 is 0. The van der Waals surface area contributed by atoms with Gasteiger partial charge >= 0.3 is 0 Å². The van der Waals surface area contributed by atoms with Crippen LogP contribution in [-0.2, 0) is 0 Å². The summed E-state index contributed by atoms with van der Waals surface area (Å²) in [6, 6.07) is 8.17. The van der Waals surface area contributed by atoms with Crippen LogP contribution >= 0.6 is 0 Å². The van der Waals surface area contributed by atoms with E-state index in [4.69, 9.17) is 0 Å². The summed E-state index contributed by atoms with van der Waals surface area (Å²) in [6.07, 6.45) is 2.10. The standard InChI is InChI=1S/C10H13N.C2H6/c1-3-8(2)9-6-4-5-7-10(9)11;1-2/h3-7H,11H2,1-2H3;1-2H3/p+1/b8-3-;. The van der Waals surface area contributed by atoms with E-state index in [1.807, 2.05) is 39.0 Å². The van der Waals surface area contributed by atoms with Crippen molar-refractivity contribution < 1.29 is 5.73 Å². The SMILES string of the molecule is C/C=C(/C)c1ccccc1[NH3+].CC. The van der Waals surface area contributed by atoms with Gasteiger partial charge < -0.3 is 5.73 Å². The van der Waals surface area contributed by atoms with E-state index in [9.17, 15) is 0 Å². The van der Waals surface area contributed by atoms with Crippen molar-refractivity contribution in [1.82, 2.24) is 0 Å². The van der Waals surface area contributed by atoms with Crippen LogP contribution in [0.5, 0.6) is 0 Å². The average Bonchev–Trinajstić information content (AvgIpc) is 2.20. The lowest BCUT2D eigenvalue weighted by atomic mass is 10.1. The molecule has 0 radical (unpaired) electrons. The van der Waals surface area contributed by atoms with E-state index >= 15 is 0 Å². The molecule has 0 saturated carbocycles. The number of rotatable bonds is 1. The van der Waals surface area contributed by atoms with E-state index in [0.717, 1.165) is 5.69 Å². The van der Waals surface area contributed by atoms with Crippen LogP contribution in [0.3, 0.4) is 0 Å². The van der Waals surface area contributed by atoms with E-state index in [1.54, 1.807) is 0 Å². The minimum atomic E-state index is 1.10. The van der Waals surface area contributed by atoms with Gasteiger partial charge in [-0.15, -0.1) is 0 Å². The molecule has 1 aromatic carbocycles. The van der Waals surface area contributed by atoms with Crippen LogP contribution in [-0.4, -0.2) is 0 Å². The van der Waals surface area contributed by atoms with Crippen LogP contribution in [0.25, 0.3) is 5.57 Å². The van der Waals surface area contributed by atoms with E-state index in [2.05, 4.69) is 24.8 Å². The normalized spacial score (nSPS) is 10.4. The van der Waals surface area contributed by atoms with Crippen molar-refractivity contribution in [2.45, 2.75) is 27.7 Å². The van der Waals surface area contributed by atoms with E-state index in [0.29, 0.717) is 0 Å². The van der Waals surface area contributed by atoms with Gasteiger partial charge in [-0.05, 0) is 31.6 Å². The van der Waals surface area contributed by atoms with Gasteiger partial charge in [-0.2, -0.15) is 0 Å². The van der Waals surface area contributed by atoms with Crippen LogP contribution in [0.4, 0.5) is 5.69 Å². The van der Waals surface area contributed by atoms with E-state index < -0.39 is 0 Å². The summed E-state index contributed by atoms with van der Waals surface area (Å²) in [5.41, 5.74) is 7.58. The Balaban J connectivity index is 0.000000671. The summed E-state index contributed by atoms with van der Waals surface area (Å²) in [6.45, 7) is 8.14. The molecular formula is C12H20N+. The zero-order chi connectivity index (χ0) is 10.3. The van der Waals surface area contributed by atoms with Gasteiger partial charge in [0.1, 0.15) is 5.69 Å². The highest BCUT2D eigenvalue weighted by Gasteiger charge is 2.00. The molecule has 0 amide bonds. The Morgan fingerprint density at radius 3 is 2.23 bits per heavy atom. The van der Waals surface area contributed by atoms with Crippen molar-refractivity contribution in [1.29, 1.82) is 0 Å². The van der Waals surface area contributed by atoms with Crippen molar-refractivity contribution in [3.05, 3.63) is 35.9 Å². The van der Waals surface area contributed by atoms with Crippen molar-refractivity contribution in [3.8, 4) is 0 Å². The van der Waals surface area contributed by atoms with Crippen LogP contribution < -0.4 is 5.73 Å². The highest BCUT2D eigenvalue weighted by molar-refractivity contribution is 5.70. The molecule has 0 aliphatic heterocycles. The van der Waals surface area contributed by atoms with Gasteiger partial charge in [-0.3, -0.25) is 0 Å². The first-order valence-corrected chi connectivity index (χ1v) is 4.80. The van der Waals surface area contributed by atoms with Crippen molar-refractivity contribution in [3.63, 3.8) is 0 Å². The Labute approximate surface area is 81.3 Å². The van der Waals surface area contributed by atoms with Crippen molar-refractivity contribution in [2.75, 3.05) is 0 Å². The molecule has 0 heterocycles. The second kappa shape index (κ2) is 6.44. The summed E-state index contributed by atoms with van der Waals surface area (Å²) in [4.78, 5) is 0. The van der Waals surface area contributed by atoms with Crippen molar-refractivity contribution >= 4 is 11.3 Å². The molecule has 0 atom stereocenters. The second-order valence-electron chi connectivity index (χ2n) is 2.63. The zero-order valence-corrected chi connectivity index (χ0v) is 9.09. The number of benzene rings is 1. The molecule has 0 spiro atoms. The lowest BCUT2D eigenvalue weighted by Crippen LogP contribution is -2.41. The zero-order valence-electron chi connectivity index (χ0n) is 9.09. The first kappa shape index (κ1) is 11.9. The minimum absolute atomic E-state index is 1.10. The molecule has 0 fully saturated rings. The molecule has 0 aromatic heterocycles. The monoisotopic (exact) mass is 178 g/mol. The maximum atomic E-state index is 3.95. The molecule has 0 aliphatic carbocycles. The number of quaternary nitrogens is 1. The van der Waals surface area contributed by atoms with Gasteiger partial charge in [0.25, 0.3) is 0 Å². The topological polar surface area (TPSA) is 27.6 Å². The minimum Gasteiger partial charge on any atom is -0.325 e. The van der Waals surface area contributed by atoms with Crippen LogP contribution in [0, 0.1) is 0 Å². The molecule has 0 bridgehead atoms. The lowest BCUT2D eigenvalue weighted by molar-refractivity contribution is -0.255. The highest BCUT2D eigenvalue weighted by atomic mass is 14.6. The van der Waals surface area contributed by atoms with Crippen LogP contribution in [0.15, 0.2) is 30.3 Å². The third kappa shape index (κ3) is 3.43. The van der Waals surface area contributed by atoms with Gasteiger partial charge in [-0.1, -0.05) is 32.1 Å². The van der Waals surface area contributed by atoms with Crippen LogP contribution in [0.1, 0.15) is 33.3 Å². The fraction of sp³-hybridized carbons (Fsp3) is 0.333. The molecule has 1 aromatic rings. The molecule has 0 unspecified atom stereocenters. The smallest absolute Gasteiger partial charge is 0.135 e. The average molecular weight is 178 g/mol. The van der Waals surface area contributed by atoms with Gasteiger partial charge in [0, 0.05) is 5.56 Å². The van der Waals surface area contributed by atoms with Gasteiger partial charge in [0.05, 0.1) is 0 Å². The first-order valence-electron chi connectivity index (χ1n) is 4.80. The molecule has 13 heavy (non-hydrogen) atoms. The highest BCUT2D eigenvalue weighted by Crippen LogP contribution is 2.18. The predicted octanol–water partition coefficient (Wildman–Crippen LogP) is 3.01. The summed E-state index contributed by atoms with van der Waals surface area (Å²) in [5.74, 6) is 0. The molecule has 1 heteroatoms. The third-order valence-electron chi connectivity index (χ3n) is 1.88. The number of allylic oxidation sites excluding steroid dienone is 2. The predicted molar refractivity (Wildman–Crippen MR) is 59.7 cm³/mol. The largest absolute Gasteiger partial charge is 0.325 e. The van der Waals surface area contributed by atoms with E-state index in [-0.39, 0.29) is 0 Å². The maximum absolute atomic E-state index is 3.95. The molecule has 0 saturated heterocycles. The molecule has 72 valence electrons. The molecule has 1 nitrogen and oxygen atoms in total. The van der Waals surface area contributed by atoms with Crippen molar-refractivity contribution in [2.24, 2.45) is 0 Å². The Kier molecular flexibility index (Phi) is 5.90. The maximum Gasteiger partial charge on any atom is 0.135 e. The number of hydrogen-bond acceptors (Lipinski definition) is 0. The Bertz CT molecular complexity index is 274. The van der Waals surface area contributed by atoms with E-state index in [1.165, 1.54) is 11.1 Å². The Morgan fingerprint density at radius 2 is 1.77 bits per heavy atom. The molecule has 1 rings (SSSR count). The van der Waals surface area contributed by atoms with Gasteiger partial charge in [0.15, 0.2) is 0 Å². The van der Waals surface area contributed by atoms with Crippen LogP contribution in [0.2, 0.25) is 0 Å². The molecular weight excluding hydrogens is 158 g/mol. The summed E-state index contributed by atoms with van der Waals surface area (Å²) < 4.78 is 0. The summed E-state index contributed by atoms with van der Waals surface area (Å²) in [5, 5.41) is 0. The Morgan fingerprint density at radius 1 is 1.23 bits per heavy atom. The first-order chi connectivity index (χ1) is 6.25. The van der Waals surface area contributed by atoms with Gasteiger partial charge in [-0.25, -0.2) is 0 Å².